The Bertz CT molecular complexity index is 980. The van der Waals surface area contributed by atoms with E-state index in [4.69, 9.17) is 4.74 Å². The van der Waals surface area contributed by atoms with Crippen molar-refractivity contribution in [1.29, 1.82) is 0 Å². The third-order valence-corrected chi connectivity index (χ3v) is 3.96. The predicted molar refractivity (Wildman–Crippen MR) is 94.8 cm³/mol. The Hall–Kier alpha value is -3.39. The van der Waals surface area contributed by atoms with E-state index < -0.39 is 11.9 Å². The van der Waals surface area contributed by atoms with Gasteiger partial charge in [0.25, 0.3) is 5.91 Å². The number of hydrogen-bond acceptors (Lipinski definition) is 5. The standard InChI is InChI=1S/C18H17N3O5/c1-26-14-6-5-11(9-12(14)18(24)25)19-17(23)16-15-10(7-8-22)3-2-4-13(15)20-21-16/h2-6,9,22H,7-8H2,1H3,(H,19,23)(H,20,21)(H,24,25). The normalized spacial score (nSPS) is 10.7. The number of carboxylic acids is 1. The molecule has 3 aromatic rings. The molecule has 4 N–H and O–H groups in total. The fourth-order valence-corrected chi connectivity index (χ4v) is 2.78. The summed E-state index contributed by atoms with van der Waals surface area (Å²) in [5.74, 6) is -1.44. The van der Waals surface area contributed by atoms with E-state index in [-0.39, 0.29) is 23.6 Å². The maximum Gasteiger partial charge on any atom is 0.339 e. The highest BCUT2D eigenvalue weighted by atomic mass is 16.5. The van der Waals surface area contributed by atoms with Gasteiger partial charge in [0.05, 0.1) is 12.6 Å². The molecule has 0 fully saturated rings. The molecule has 2 aromatic carbocycles. The van der Waals surface area contributed by atoms with Crippen LogP contribution in [-0.2, 0) is 6.42 Å². The van der Waals surface area contributed by atoms with Gasteiger partial charge in [-0.05, 0) is 36.2 Å². The summed E-state index contributed by atoms with van der Waals surface area (Å²) in [5, 5.41) is 28.6. The largest absolute Gasteiger partial charge is 0.496 e. The number of aliphatic hydroxyl groups is 1. The van der Waals surface area contributed by atoms with Gasteiger partial charge in [-0.3, -0.25) is 9.89 Å². The lowest BCUT2D eigenvalue weighted by Crippen LogP contribution is -2.14. The van der Waals surface area contributed by atoms with E-state index in [0.717, 1.165) is 5.56 Å². The number of aliphatic hydroxyl groups excluding tert-OH is 1. The minimum Gasteiger partial charge on any atom is -0.496 e. The molecule has 8 nitrogen and oxygen atoms in total. The van der Waals surface area contributed by atoms with E-state index >= 15 is 0 Å². The molecule has 0 saturated carbocycles. The maximum atomic E-state index is 12.6. The third-order valence-electron chi connectivity index (χ3n) is 3.96. The number of hydrogen-bond donors (Lipinski definition) is 4. The molecule has 8 heteroatoms. The molecule has 134 valence electrons. The monoisotopic (exact) mass is 355 g/mol. The Kier molecular flexibility index (Phi) is 4.85. The van der Waals surface area contributed by atoms with Gasteiger partial charge in [-0.25, -0.2) is 4.79 Å². The van der Waals surface area contributed by atoms with Crippen LogP contribution in [0.5, 0.6) is 5.75 Å². The molecule has 1 aromatic heterocycles. The fraction of sp³-hybridized carbons (Fsp3) is 0.167. The van der Waals surface area contributed by atoms with Gasteiger partial charge in [0, 0.05) is 17.7 Å². The number of aromatic carboxylic acids is 1. The first-order valence-corrected chi connectivity index (χ1v) is 7.84. The average Bonchev–Trinajstić information content (AvgIpc) is 3.07. The van der Waals surface area contributed by atoms with Crippen LogP contribution in [0.25, 0.3) is 10.9 Å². The molecule has 0 atom stereocenters. The average molecular weight is 355 g/mol. The molecular weight excluding hydrogens is 338 g/mol. The van der Waals surface area contributed by atoms with Crippen molar-refractivity contribution in [3.63, 3.8) is 0 Å². The Labute approximate surface area is 148 Å². The van der Waals surface area contributed by atoms with Crippen molar-refractivity contribution in [3.05, 3.63) is 53.2 Å². The van der Waals surface area contributed by atoms with Crippen molar-refractivity contribution in [2.45, 2.75) is 6.42 Å². The first-order chi connectivity index (χ1) is 12.5. The van der Waals surface area contributed by atoms with Gasteiger partial charge < -0.3 is 20.3 Å². The molecule has 0 spiro atoms. The number of fused-ring (bicyclic) bond motifs is 1. The highest BCUT2D eigenvalue weighted by Crippen LogP contribution is 2.25. The molecule has 26 heavy (non-hydrogen) atoms. The highest BCUT2D eigenvalue weighted by Gasteiger charge is 2.18. The van der Waals surface area contributed by atoms with E-state index in [1.807, 2.05) is 12.1 Å². The Balaban J connectivity index is 1.95. The van der Waals surface area contributed by atoms with Crippen LogP contribution in [0.2, 0.25) is 0 Å². The Morgan fingerprint density at radius 2 is 2.08 bits per heavy atom. The molecule has 0 saturated heterocycles. The SMILES string of the molecule is COc1ccc(NC(=O)c2n[nH]c3cccc(CCO)c23)cc1C(=O)O. The molecule has 0 unspecified atom stereocenters. The van der Waals surface area contributed by atoms with Crippen molar-refractivity contribution in [2.24, 2.45) is 0 Å². The number of nitrogens with zero attached hydrogens (tertiary/aromatic N) is 1. The Morgan fingerprint density at radius 1 is 1.27 bits per heavy atom. The molecule has 3 rings (SSSR count). The number of nitrogens with one attached hydrogen (secondary N) is 2. The van der Waals surface area contributed by atoms with Gasteiger partial charge in [-0.1, -0.05) is 12.1 Å². The van der Waals surface area contributed by atoms with Crippen LogP contribution in [0.15, 0.2) is 36.4 Å². The second kappa shape index (κ2) is 7.24. The van der Waals surface area contributed by atoms with Crippen LogP contribution in [0.3, 0.4) is 0 Å². The number of H-pyrrole nitrogens is 1. The molecule has 0 radical (unpaired) electrons. The number of carbonyl (C=O) groups is 2. The van der Waals surface area contributed by atoms with E-state index in [9.17, 15) is 19.8 Å². The number of amides is 1. The molecule has 1 amide bonds. The summed E-state index contributed by atoms with van der Waals surface area (Å²) in [6.45, 7) is -0.0498. The second-order valence-corrected chi connectivity index (χ2v) is 5.56. The topological polar surface area (TPSA) is 125 Å². The summed E-state index contributed by atoms with van der Waals surface area (Å²) < 4.78 is 5.00. The van der Waals surface area contributed by atoms with Gasteiger partial charge in [0.1, 0.15) is 11.3 Å². The lowest BCUT2D eigenvalue weighted by molar-refractivity contribution is 0.0693. The van der Waals surface area contributed by atoms with E-state index in [1.54, 1.807) is 12.1 Å². The molecule has 0 aliphatic carbocycles. The second-order valence-electron chi connectivity index (χ2n) is 5.56. The first kappa shape index (κ1) is 17.4. The number of ether oxygens (including phenoxy) is 1. The summed E-state index contributed by atoms with van der Waals surface area (Å²) in [6.07, 6.45) is 0.392. The molecule has 1 heterocycles. The summed E-state index contributed by atoms with van der Waals surface area (Å²) in [6, 6.07) is 9.76. The lowest BCUT2D eigenvalue weighted by Gasteiger charge is -2.09. The van der Waals surface area contributed by atoms with Gasteiger partial charge in [0.15, 0.2) is 5.69 Å². The van der Waals surface area contributed by atoms with Crippen molar-refractivity contribution < 1.29 is 24.5 Å². The van der Waals surface area contributed by atoms with Crippen LogP contribution >= 0.6 is 0 Å². The first-order valence-electron chi connectivity index (χ1n) is 7.84. The molecule has 0 aliphatic rings. The third kappa shape index (κ3) is 3.22. The smallest absolute Gasteiger partial charge is 0.339 e. The zero-order valence-corrected chi connectivity index (χ0v) is 13.9. The van der Waals surface area contributed by atoms with Gasteiger partial charge in [-0.15, -0.1) is 0 Å². The summed E-state index contributed by atoms with van der Waals surface area (Å²) >= 11 is 0. The summed E-state index contributed by atoms with van der Waals surface area (Å²) in [5.41, 5.74) is 1.91. The number of benzene rings is 2. The summed E-state index contributed by atoms with van der Waals surface area (Å²) in [7, 11) is 1.37. The fourth-order valence-electron chi connectivity index (χ4n) is 2.78. The van der Waals surface area contributed by atoms with Crippen LogP contribution in [-0.4, -0.2) is 46.0 Å². The quantitative estimate of drug-likeness (QED) is 0.536. The molecule has 0 aliphatic heterocycles. The summed E-state index contributed by atoms with van der Waals surface area (Å²) in [4.78, 5) is 24.0. The van der Waals surface area contributed by atoms with Crippen LogP contribution in [0.4, 0.5) is 5.69 Å². The van der Waals surface area contributed by atoms with Crippen molar-refractivity contribution in [2.75, 3.05) is 19.0 Å². The van der Waals surface area contributed by atoms with Crippen LogP contribution in [0.1, 0.15) is 26.4 Å². The number of methoxy groups -OCH3 is 1. The number of carbonyl (C=O) groups excluding carboxylic acids is 1. The predicted octanol–water partition coefficient (Wildman–Crippen LogP) is 2.06. The Morgan fingerprint density at radius 3 is 2.77 bits per heavy atom. The van der Waals surface area contributed by atoms with E-state index in [2.05, 4.69) is 15.5 Å². The van der Waals surface area contributed by atoms with Gasteiger partial charge in [-0.2, -0.15) is 5.10 Å². The van der Waals surface area contributed by atoms with E-state index in [0.29, 0.717) is 23.0 Å². The maximum absolute atomic E-state index is 12.6. The number of aromatic nitrogens is 2. The molecular formula is C18H17N3O5. The minimum atomic E-state index is -1.16. The number of rotatable bonds is 6. The van der Waals surface area contributed by atoms with E-state index in [1.165, 1.54) is 19.2 Å². The highest BCUT2D eigenvalue weighted by molar-refractivity contribution is 6.12. The number of carboxylic acid groups (broad SMARTS) is 1. The zero-order chi connectivity index (χ0) is 18.7. The van der Waals surface area contributed by atoms with Crippen LogP contribution in [0, 0.1) is 0 Å². The van der Waals surface area contributed by atoms with Crippen molar-refractivity contribution >= 4 is 28.5 Å². The van der Waals surface area contributed by atoms with Crippen molar-refractivity contribution in [1.82, 2.24) is 10.2 Å². The number of aromatic amines is 1. The number of anilines is 1. The zero-order valence-electron chi connectivity index (χ0n) is 13.9. The minimum absolute atomic E-state index is 0.0498. The lowest BCUT2D eigenvalue weighted by atomic mass is 10.0. The van der Waals surface area contributed by atoms with Crippen molar-refractivity contribution in [3.8, 4) is 5.75 Å². The van der Waals surface area contributed by atoms with Gasteiger partial charge >= 0.3 is 5.97 Å². The van der Waals surface area contributed by atoms with Gasteiger partial charge in [0.2, 0.25) is 0 Å². The molecule has 0 bridgehead atoms. The van der Waals surface area contributed by atoms with Crippen LogP contribution < -0.4 is 10.1 Å².